The number of primary amides is 1. The summed E-state index contributed by atoms with van der Waals surface area (Å²) in [6.07, 6.45) is 6.58. The molecule has 0 bridgehead atoms. The molecular weight excluding hydrogens is 452 g/mol. The summed E-state index contributed by atoms with van der Waals surface area (Å²) in [5.41, 5.74) is 8.19. The number of nitrogens with zero attached hydrogens (tertiary/aromatic N) is 3. The van der Waals surface area contributed by atoms with Crippen LogP contribution in [0.5, 0.6) is 0 Å². The van der Waals surface area contributed by atoms with Gasteiger partial charge in [0, 0.05) is 58.6 Å². The molecule has 0 aliphatic carbocycles. The number of likely N-dealkylation sites (tertiary alicyclic amines) is 1. The topological polar surface area (TPSA) is 96.2 Å². The van der Waals surface area contributed by atoms with Gasteiger partial charge >= 0.3 is 0 Å². The van der Waals surface area contributed by atoms with Gasteiger partial charge in [0.15, 0.2) is 4.75 Å². The van der Waals surface area contributed by atoms with Crippen LogP contribution in [0.4, 0.5) is 5.69 Å². The summed E-state index contributed by atoms with van der Waals surface area (Å²) in [4.78, 5) is 16.8. The number of ether oxygens (including phenoxy) is 1. The number of piperazine rings is 1. The van der Waals surface area contributed by atoms with E-state index in [9.17, 15) is 13.2 Å². The SMILES string of the molecule is CCCCCCc1ccc(N2CCN(S(=O)(=O)C3(C(N)=O)CCN(CCOC)CC3)CC2)cc1. The van der Waals surface area contributed by atoms with Crippen LogP contribution in [-0.2, 0) is 26.0 Å². The highest BCUT2D eigenvalue weighted by molar-refractivity contribution is 7.91. The van der Waals surface area contributed by atoms with Crippen LogP contribution >= 0.6 is 0 Å². The van der Waals surface area contributed by atoms with Crippen molar-refractivity contribution in [3.05, 3.63) is 29.8 Å². The molecule has 3 rings (SSSR count). The zero-order valence-corrected chi connectivity index (χ0v) is 21.7. The number of hydrogen-bond donors (Lipinski definition) is 1. The number of carbonyl (C=O) groups is 1. The molecule has 1 amide bonds. The molecule has 0 saturated carbocycles. The standard InChI is InChI=1S/C25H42N4O4S/c1-3-4-5-6-7-22-8-10-23(11-9-22)28-16-18-29(19-17-28)34(31,32)25(24(26)30)12-14-27(15-13-25)20-21-33-2/h8-11H,3-7,12-21H2,1-2H3,(H2,26,30). The smallest absolute Gasteiger partial charge is 0.240 e. The van der Waals surface area contributed by atoms with Gasteiger partial charge in [-0.1, -0.05) is 38.3 Å². The van der Waals surface area contributed by atoms with Gasteiger partial charge in [-0.2, -0.15) is 4.31 Å². The van der Waals surface area contributed by atoms with Crippen LogP contribution in [0.25, 0.3) is 0 Å². The Kier molecular flexibility index (Phi) is 9.76. The Morgan fingerprint density at radius 1 is 1.00 bits per heavy atom. The van der Waals surface area contributed by atoms with E-state index in [-0.39, 0.29) is 12.8 Å². The lowest BCUT2D eigenvalue weighted by molar-refractivity contribution is -0.121. The predicted octanol–water partition coefficient (Wildman–Crippen LogP) is 2.23. The Labute approximate surface area is 205 Å². The maximum atomic E-state index is 13.6. The molecule has 2 N–H and O–H groups in total. The summed E-state index contributed by atoms with van der Waals surface area (Å²) in [6, 6.07) is 8.65. The summed E-state index contributed by atoms with van der Waals surface area (Å²) in [5.74, 6) is -0.726. The van der Waals surface area contributed by atoms with Gasteiger partial charge < -0.3 is 20.3 Å². The van der Waals surface area contributed by atoms with Gasteiger partial charge in [-0.25, -0.2) is 8.42 Å². The van der Waals surface area contributed by atoms with Crippen molar-refractivity contribution in [2.24, 2.45) is 5.73 Å². The number of sulfonamides is 1. The molecule has 0 atom stereocenters. The molecule has 1 aromatic rings. The van der Waals surface area contributed by atoms with Crippen LogP contribution in [0, 0.1) is 0 Å². The Morgan fingerprint density at radius 2 is 1.65 bits per heavy atom. The van der Waals surface area contributed by atoms with E-state index in [4.69, 9.17) is 10.5 Å². The molecule has 8 nitrogen and oxygen atoms in total. The zero-order chi connectivity index (χ0) is 24.6. The highest BCUT2D eigenvalue weighted by Crippen LogP contribution is 2.34. The number of amides is 1. The molecule has 34 heavy (non-hydrogen) atoms. The first-order chi connectivity index (χ1) is 16.3. The van der Waals surface area contributed by atoms with Gasteiger partial charge in [-0.15, -0.1) is 0 Å². The van der Waals surface area contributed by atoms with E-state index in [1.807, 2.05) is 0 Å². The number of nitrogens with two attached hydrogens (primary N) is 1. The summed E-state index contributed by atoms with van der Waals surface area (Å²) in [7, 11) is -2.20. The molecule has 0 unspecified atom stereocenters. The van der Waals surface area contributed by atoms with Crippen molar-refractivity contribution in [2.45, 2.75) is 56.6 Å². The van der Waals surface area contributed by atoms with Gasteiger partial charge in [0.25, 0.3) is 0 Å². The van der Waals surface area contributed by atoms with E-state index < -0.39 is 20.7 Å². The van der Waals surface area contributed by atoms with Crippen LogP contribution in [0.15, 0.2) is 24.3 Å². The molecule has 0 radical (unpaired) electrons. The number of carbonyl (C=O) groups excluding carboxylic acids is 1. The Bertz CT molecular complexity index is 875. The van der Waals surface area contributed by atoms with E-state index in [0.717, 1.165) is 18.7 Å². The fraction of sp³-hybridized carbons (Fsp3) is 0.720. The summed E-state index contributed by atoms with van der Waals surface area (Å²) >= 11 is 0. The average Bonchev–Trinajstić information content (AvgIpc) is 2.86. The second-order valence-corrected chi connectivity index (χ2v) is 11.8. The number of aryl methyl sites for hydroxylation is 1. The summed E-state index contributed by atoms with van der Waals surface area (Å²) < 4.78 is 32.3. The lowest BCUT2D eigenvalue weighted by Crippen LogP contribution is -2.63. The molecule has 2 aliphatic rings. The van der Waals surface area contributed by atoms with Crippen LogP contribution in [0.2, 0.25) is 0 Å². The van der Waals surface area contributed by atoms with E-state index in [1.54, 1.807) is 7.11 Å². The van der Waals surface area contributed by atoms with E-state index >= 15 is 0 Å². The largest absolute Gasteiger partial charge is 0.383 e. The van der Waals surface area contributed by atoms with Crippen molar-refractivity contribution in [1.82, 2.24) is 9.21 Å². The highest BCUT2D eigenvalue weighted by atomic mass is 32.2. The molecule has 2 fully saturated rings. The Morgan fingerprint density at radius 3 is 2.21 bits per heavy atom. The summed E-state index contributed by atoms with van der Waals surface area (Å²) in [5, 5.41) is 0. The number of unbranched alkanes of at least 4 members (excludes halogenated alkanes) is 3. The summed E-state index contributed by atoms with van der Waals surface area (Å²) in [6.45, 7) is 6.51. The van der Waals surface area contributed by atoms with E-state index in [1.165, 1.54) is 35.6 Å². The molecule has 1 aromatic carbocycles. The molecule has 0 spiro atoms. The lowest BCUT2D eigenvalue weighted by Gasteiger charge is -2.43. The van der Waals surface area contributed by atoms with E-state index in [2.05, 4.69) is 41.0 Å². The first kappa shape index (κ1) is 26.9. The fourth-order valence-corrected chi connectivity index (χ4v) is 7.14. The minimum absolute atomic E-state index is 0.230. The van der Waals surface area contributed by atoms with Gasteiger partial charge in [-0.05, 0) is 43.4 Å². The molecule has 0 aromatic heterocycles. The third kappa shape index (κ3) is 6.11. The third-order valence-corrected chi connectivity index (χ3v) is 10.1. The van der Waals surface area contributed by atoms with Crippen LogP contribution in [0.3, 0.4) is 0 Å². The maximum Gasteiger partial charge on any atom is 0.240 e. The minimum atomic E-state index is -3.84. The second kappa shape index (κ2) is 12.3. The van der Waals surface area contributed by atoms with E-state index in [0.29, 0.717) is 45.9 Å². The maximum absolute atomic E-state index is 13.6. The number of rotatable bonds is 12. The average molecular weight is 495 g/mol. The van der Waals surface area contributed by atoms with Crippen LogP contribution in [-0.4, -0.2) is 87.8 Å². The molecule has 2 heterocycles. The second-order valence-electron chi connectivity index (χ2n) is 9.56. The Balaban J connectivity index is 1.58. The van der Waals surface area contributed by atoms with Crippen molar-refractivity contribution in [2.75, 3.05) is 64.4 Å². The molecule has 192 valence electrons. The quantitative estimate of drug-likeness (QED) is 0.448. The van der Waals surface area contributed by atoms with Crippen LogP contribution < -0.4 is 10.6 Å². The first-order valence-electron chi connectivity index (χ1n) is 12.7. The van der Waals surface area contributed by atoms with Gasteiger partial charge in [-0.3, -0.25) is 4.79 Å². The molecular formula is C25H42N4O4S. The van der Waals surface area contributed by atoms with Gasteiger partial charge in [0.1, 0.15) is 0 Å². The highest BCUT2D eigenvalue weighted by Gasteiger charge is 2.53. The normalized spacial score (nSPS) is 19.9. The molecule has 2 saturated heterocycles. The van der Waals surface area contributed by atoms with Crippen molar-refractivity contribution in [1.29, 1.82) is 0 Å². The van der Waals surface area contributed by atoms with Crippen molar-refractivity contribution < 1.29 is 17.9 Å². The van der Waals surface area contributed by atoms with Crippen molar-refractivity contribution in [3.8, 4) is 0 Å². The van der Waals surface area contributed by atoms with Crippen LogP contribution in [0.1, 0.15) is 51.0 Å². The first-order valence-corrected chi connectivity index (χ1v) is 14.1. The lowest BCUT2D eigenvalue weighted by atomic mass is 9.95. The van der Waals surface area contributed by atoms with Gasteiger partial charge in [0.2, 0.25) is 15.9 Å². The fourth-order valence-electron chi connectivity index (χ4n) is 5.05. The van der Waals surface area contributed by atoms with Gasteiger partial charge in [0.05, 0.1) is 6.61 Å². The minimum Gasteiger partial charge on any atom is -0.383 e. The predicted molar refractivity (Wildman–Crippen MR) is 136 cm³/mol. The molecule has 2 aliphatic heterocycles. The number of methoxy groups -OCH3 is 1. The van der Waals surface area contributed by atoms with Crippen molar-refractivity contribution >= 4 is 21.6 Å². The number of benzene rings is 1. The third-order valence-electron chi connectivity index (χ3n) is 7.42. The molecule has 9 heteroatoms. The Hall–Kier alpha value is -1.68. The number of anilines is 1. The number of hydrogen-bond acceptors (Lipinski definition) is 6. The van der Waals surface area contributed by atoms with Crippen molar-refractivity contribution in [3.63, 3.8) is 0 Å². The number of piperidine rings is 1. The zero-order valence-electron chi connectivity index (χ0n) is 20.9. The monoisotopic (exact) mass is 494 g/mol.